The van der Waals surface area contributed by atoms with Crippen LogP contribution in [0.2, 0.25) is 0 Å². The van der Waals surface area contributed by atoms with Gasteiger partial charge in [-0.2, -0.15) is 0 Å². The van der Waals surface area contributed by atoms with Gasteiger partial charge in [0.2, 0.25) is 17.7 Å². The molecule has 3 atom stereocenters. The van der Waals surface area contributed by atoms with E-state index < -0.39 is 11.5 Å². The number of hydrogen-bond acceptors (Lipinski definition) is 7. The first kappa shape index (κ1) is 33.0. The zero-order valence-electron chi connectivity index (χ0n) is 26.5. The number of fused-ring (bicyclic) bond motifs is 1. The van der Waals surface area contributed by atoms with Crippen LogP contribution in [0.5, 0.6) is 0 Å². The van der Waals surface area contributed by atoms with Crippen LogP contribution in [-0.4, -0.2) is 72.5 Å². The Morgan fingerprint density at radius 1 is 1.04 bits per heavy atom. The zero-order valence-corrected chi connectivity index (χ0v) is 27.3. The lowest BCUT2D eigenvalue weighted by molar-refractivity contribution is -0.140. The smallest absolute Gasteiger partial charge is 0.243 e. The molecule has 6 rings (SSSR count). The van der Waals surface area contributed by atoms with Gasteiger partial charge in [0.25, 0.3) is 0 Å². The summed E-state index contributed by atoms with van der Waals surface area (Å²) in [5.74, 6) is -0.547. The second-order valence-electron chi connectivity index (χ2n) is 12.9. The summed E-state index contributed by atoms with van der Waals surface area (Å²) >= 11 is 1.41. The van der Waals surface area contributed by atoms with E-state index in [-0.39, 0.29) is 42.0 Å². The molecule has 0 saturated carbocycles. The van der Waals surface area contributed by atoms with Crippen molar-refractivity contribution in [3.63, 3.8) is 0 Å². The van der Waals surface area contributed by atoms with E-state index in [2.05, 4.69) is 38.0 Å². The number of likely N-dealkylation sites (tertiary alicyclic amines) is 1. The van der Waals surface area contributed by atoms with E-state index in [1.54, 1.807) is 18.3 Å². The number of amides is 3. The van der Waals surface area contributed by atoms with Crippen LogP contribution in [0.25, 0.3) is 0 Å². The molecule has 2 fully saturated rings. The minimum Gasteiger partial charge on any atom is -0.381 e. The van der Waals surface area contributed by atoms with Gasteiger partial charge in [-0.25, -0.2) is 9.37 Å². The Bertz CT molecular complexity index is 1560. The average molecular weight is 660 g/mol. The number of aromatic nitrogens is 1. The van der Waals surface area contributed by atoms with Gasteiger partial charge in [-0.1, -0.05) is 54.6 Å². The Morgan fingerprint density at radius 2 is 1.83 bits per heavy atom. The maximum absolute atomic E-state index is 13.8. The molecule has 0 unspecified atom stereocenters. The van der Waals surface area contributed by atoms with Crippen LogP contribution in [0.3, 0.4) is 0 Å². The van der Waals surface area contributed by atoms with Crippen molar-refractivity contribution in [2.24, 2.45) is 11.3 Å². The number of nitrogens with zero attached hydrogens (tertiary/aromatic N) is 2. The standard InChI is InChI=1S/C36H42FN5O4S/c37-28-11-9-26(10-12-28)20-29-22-38-35(47-29)41-32(43)24-42-17-13-30-27(23-42)8-4-5-14-36(15-18-46-19-16-36)34(45)40-31(33(44)39-30)21-25-6-2-1-3-7-25/h1-7,9-12,22,27,30-31H,8,13-21,23-24H2,(H,39,44)(H,40,45)(H,38,41,43)/b5-4+/t27-,30+,31-/m1/s1. The number of thiazole rings is 1. The number of allylic oxidation sites excluding steroid dienone is 2. The molecule has 1 aromatic heterocycles. The maximum Gasteiger partial charge on any atom is 0.243 e. The molecule has 4 heterocycles. The summed E-state index contributed by atoms with van der Waals surface area (Å²) < 4.78 is 18.9. The molecule has 3 amide bonds. The number of rotatable bonds is 7. The molecule has 11 heteroatoms. The van der Waals surface area contributed by atoms with Crippen molar-refractivity contribution in [3.8, 4) is 0 Å². The summed E-state index contributed by atoms with van der Waals surface area (Å²) in [5, 5.41) is 9.91. The Balaban J connectivity index is 1.11. The maximum atomic E-state index is 13.8. The van der Waals surface area contributed by atoms with Gasteiger partial charge in [-0.3, -0.25) is 19.3 Å². The molecule has 9 nitrogen and oxygen atoms in total. The summed E-state index contributed by atoms with van der Waals surface area (Å²) in [6.07, 6.45) is 10.3. The van der Waals surface area contributed by atoms with Crippen molar-refractivity contribution in [3.05, 3.63) is 94.8 Å². The number of carbonyl (C=O) groups excluding carboxylic acids is 3. The number of ether oxygens (including phenoxy) is 1. The predicted molar refractivity (Wildman–Crippen MR) is 179 cm³/mol. The second-order valence-corrected chi connectivity index (χ2v) is 14.0. The lowest BCUT2D eigenvalue weighted by atomic mass is 9.75. The Labute approximate surface area is 279 Å². The molecule has 3 aromatic rings. The SMILES string of the molecule is O=C(CN1CC[C@@H]2NC(=O)[C@@H](Cc3ccccc3)NC(=O)C3(C/C=C/C[C@@H]2C1)CCOCC3)Nc1ncc(Cc2ccc(F)cc2)s1. The highest BCUT2D eigenvalue weighted by Crippen LogP contribution is 2.36. The molecule has 2 aromatic carbocycles. The summed E-state index contributed by atoms with van der Waals surface area (Å²) in [6.45, 7) is 2.59. The molecule has 0 radical (unpaired) electrons. The quantitative estimate of drug-likeness (QED) is 0.323. The van der Waals surface area contributed by atoms with Crippen LogP contribution >= 0.6 is 11.3 Å². The van der Waals surface area contributed by atoms with Crippen molar-refractivity contribution in [2.75, 3.05) is 38.2 Å². The monoisotopic (exact) mass is 659 g/mol. The highest BCUT2D eigenvalue weighted by atomic mass is 32.1. The highest BCUT2D eigenvalue weighted by molar-refractivity contribution is 7.15. The van der Waals surface area contributed by atoms with Crippen molar-refractivity contribution < 1.29 is 23.5 Å². The number of halogens is 1. The molecule has 0 bridgehead atoms. The number of anilines is 1. The van der Waals surface area contributed by atoms with Crippen LogP contribution in [0.15, 0.2) is 72.9 Å². The van der Waals surface area contributed by atoms with E-state index in [9.17, 15) is 18.8 Å². The minimum atomic E-state index is -0.691. The van der Waals surface area contributed by atoms with Gasteiger partial charge in [0, 0.05) is 56.3 Å². The van der Waals surface area contributed by atoms with Gasteiger partial charge in [0.1, 0.15) is 11.9 Å². The van der Waals surface area contributed by atoms with E-state index in [1.165, 1.54) is 23.5 Å². The molecule has 3 aliphatic heterocycles. The first-order chi connectivity index (χ1) is 22.8. The second kappa shape index (κ2) is 15.3. The lowest BCUT2D eigenvalue weighted by Gasteiger charge is -2.40. The number of hydrogen-bond donors (Lipinski definition) is 3. The predicted octanol–water partition coefficient (Wildman–Crippen LogP) is 4.49. The Morgan fingerprint density at radius 3 is 2.62 bits per heavy atom. The highest BCUT2D eigenvalue weighted by Gasteiger charge is 2.41. The molecule has 3 aliphatic rings. The van der Waals surface area contributed by atoms with Crippen LogP contribution in [-0.2, 0) is 32.0 Å². The first-order valence-electron chi connectivity index (χ1n) is 16.4. The van der Waals surface area contributed by atoms with Crippen molar-refractivity contribution in [1.82, 2.24) is 20.5 Å². The van der Waals surface area contributed by atoms with E-state index >= 15 is 0 Å². The summed E-state index contributed by atoms with van der Waals surface area (Å²) in [5.41, 5.74) is 1.36. The number of carbonyl (C=O) groups is 3. The zero-order chi connectivity index (χ0) is 32.6. The average Bonchev–Trinajstić information content (AvgIpc) is 3.51. The number of nitrogens with one attached hydrogen (secondary N) is 3. The molecule has 1 spiro atoms. The fourth-order valence-corrected chi connectivity index (χ4v) is 7.67. The molecule has 2 saturated heterocycles. The van der Waals surface area contributed by atoms with Crippen molar-refractivity contribution in [2.45, 2.75) is 57.0 Å². The molecular weight excluding hydrogens is 617 g/mol. The van der Waals surface area contributed by atoms with Crippen molar-refractivity contribution in [1.29, 1.82) is 0 Å². The first-order valence-corrected chi connectivity index (χ1v) is 17.3. The van der Waals surface area contributed by atoms with E-state index in [1.807, 2.05) is 30.3 Å². The number of piperidine rings is 1. The normalized spacial score (nSPS) is 24.2. The summed E-state index contributed by atoms with van der Waals surface area (Å²) in [7, 11) is 0. The minimum absolute atomic E-state index is 0.0777. The summed E-state index contributed by atoms with van der Waals surface area (Å²) in [4.78, 5) is 48.2. The van der Waals surface area contributed by atoms with Gasteiger partial charge in [-0.15, -0.1) is 11.3 Å². The van der Waals surface area contributed by atoms with Crippen LogP contribution < -0.4 is 16.0 Å². The molecule has 3 N–H and O–H groups in total. The van der Waals surface area contributed by atoms with Gasteiger partial charge >= 0.3 is 0 Å². The largest absolute Gasteiger partial charge is 0.381 e. The van der Waals surface area contributed by atoms with Gasteiger partial charge in [0.15, 0.2) is 5.13 Å². The van der Waals surface area contributed by atoms with Gasteiger partial charge < -0.3 is 20.7 Å². The van der Waals surface area contributed by atoms with E-state index in [0.717, 1.165) is 22.4 Å². The third-order valence-electron chi connectivity index (χ3n) is 9.55. The van der Waals surface area contributed by atoms with Gasteiger partial charge in [0.05, 0.1) is 12.0 Å². The van der Waals surface area contributed by atoms with Crippen LogP contribution in [0, 0.1) is 17.2 Å². The molecule has 248 valence electrons. The molecule has 47 heavy (non-hydrogen) atoms. The third-order valence-corrected chi connectivity index (χ3v) is 10.5. The molecular formula is C36H42FN5O4S. The van der Waals surface area contributed by atoms with Crippen LogP contribution in [0.4, 0.5) is 9.52 Å². The fourth-order valence-electron chi connectivity index (χ4n) is 6.81. The Hall–Kier alpha value is -3.93. The van der Waals surface area contributed by atoms with E-state index in [4.69, 9.17) is 4.74 Å². The van der Waals surface area contributed by atoms with Gasteiger partial charge in [-0.05, 0) is 61.3 Å². The summed E-state index contributed by atoms with van der Waals surface area (Å²) in [6, 6.07) is 15.4. The van der Waals surface area contributed by atoms with Crippen LogP contribution in [0.1, 0.15) is 48.1 Å². The molecule has 0 aliphatic carbocycles. The number of benzene rings is 2. The van der Waals surface area contributed by atoms with E-state index in [0.29, 0.717) is 70.0 Å². The Kier molecular flexibility index (Phi) is 10.7. The topological polar surface area (TPSA) is 113 Å². The van der Waals surface area contributed by atoms with Crippen molar-refractivity contribution >= 4 is 34.2 Å². The third kappa shape index (κ3) is 8.71. The fraction of sp³-hybridized carbons (Fsp3) is 0.444. The lowest BCUT2D eigenvalue weighted by Crippen LogP contribution is -2.58.